The Bertz CT molecular complexity index is 577. The molecule has 0 aliphatic heterocycles. The van der Waals surface area contributed by atoms with Crippen LogP contribution in [0.25, 0.3) is 11.3 Å². The molecule has 3 N–H and O–H groups in total. The Balaban J connectivity index is 1.97. The van der Waals surface area contributed by atoms with Crippen LogP contribution in [0.3, 0.4) is 0 Å². The van der Waals surface area contributed by atoms with Crippen molar-refractivity contribution in [3.8, 4) is 11.3 Å². The Labute approximate surface area is 125 Å². The van der Waals surface area contributed by atoms with Crippen LogP contribution in [0.1, 0.15) is 37.4 Å². The van der Waals surface area contributed by atoms with Gasteiger partial charge in [-0.3, -0.25) is 0 Å². The molecule has 1 fully saturated rings. The third-order valence-corrected chi connectivity index (χ3v) is 4.03. The number of anilines is 1. The van der Waals surface area contributed by atoms with Crippen molar-refractivity contribution >= 4 is 5.69 Å². The maximum Gasteiger partial charge on any atom is 0.132 e. The largest absolute Gasteiger partial charge is 0.381 e. The van der Waals surface area contributed by atoms with E-state index in [0.29, 0.717) is 12.5 Å². The maximum absolute atomic E-state index is 5.59. The van der Waals surface area contributed by atoms with E-state index in [4.69, 9.17) is 10.7 Å². The van der Waals surface area contributed by atoms with Crippen LogP contribution in [0.4, 0.5) is 5.69 Å². The minimum Gasteiger partial charge on any atom is -0.381 e. The molecule has 0 amide bonds. The molecule has 21 heavy (non-hydrogen) atoms. The summed E-state index contributed by atoms with van der Waals surface area (Å²) in [7, 11) is 0. The van der Waals surface area contributed by atoms with Gasteiger partial charge in [-0.05, 0) is 12.8 Å². The fourth-order valence-electron chi connectivity index (χ4n) is 2.93. The molecule has 3 rings (SSSR count). The fourth-order valence-corrected chi connectivity index (χ4v) is 2.93. The third kappa shape index (κ3) is 3.22. The van der Waals surface area contributed by atoms with Crippen LogP contribution in [0.15, 0.2) is 36.5 Å². The van der Waals surface area contributed by atoms with E-state index in [1.165, 1.54) is 25.7 Å². The van der Waals surface area contributed by atoms with E-state index in [0.717, 1.165) is 29.3 Å². The van der Waals surface area contributed by atoms with E-state index in [1.807, 2.05) is 24.4 Å². The van der Waals surface area contributed by atoms with E-state index in [2.05, 4.69) is 22.4 Å². The van der Waals surface area contributed by atoms with Gasteiger partial charge >= 0.3 is 0 Å². The minimum absolute atomic E-state index is 0.524. The molecule has 0 bridgehead atoms. The van der Waals surface area contributed by atoms with Gasteiger partial charge in [-0.2, -0.15) is 0 Å². The molecule has 1 aliphatic rings. The highest BCUT2D eigenvalue weighted by Crippen LogP contribution is 2.34. The topological polar surface area (TPSA) is 63.8 Å². The van der Waals surface area contributed by atoms with Crippen LogP contribution in [-0.2, 0) is 0 Å². The lowest BCUT2D eigenvalue weighted by Gasteiger charge is -2.14. The Morgan fingerprint density at radius 1 is 1.14 bits per heavy atom. The Kier molecular flexibility index (Phi) is 4.46. The quantitative estimate of drug-likeness (QED) is 0.884. The first-order valence-corrected chi connectivity index (χ1v) is 7.75. The van der Waals surface area contributed by atoms with E-state index >= 15 is 0 Å². The average Bonchev–Trinajstić information content (AvgIpc) is 3.08. The first-order chi connectivity index (χ1) is 10.4. The van der Waals surface area contributed by atoms with Crippen molar-refractivity contribution in [1.82, 2.24) is 9.97 Å². The van der Waals surface area contributed by atoms with Gasteiger partial charge in [0.2, 0.25) is 0 Å². The van der Waals surface area contributed by atoms with Crippen molar-refractivity contribution in [2.45, 2.75) is 31.6 Å². The van der Waals surface area contributed by atoms with Crippen molar-refractivity contribution in [2.75, 3.05) is 18.4 Å². The molecule has 1 aromatic carbocycles. The Hall–Kier alpha value is -1.94. The number of nitrogens with zero attached hydrogens (tertiary/aromatic N) is 2. The minimum atomic E-state index is 0.524. The molecule has 0 atom stereocenters. The van der Waals surface area contributed by atoms with Gasteiger partial charge in [0.1, 0.15) is 5.82 Å². The molecule has 1 aliphatic carbocycles. The molecule has 110 valence electrons. The highest BCUT2D eigenvalue weighted by molar-refractivity contribution is 5.73. The van der Waals surface area contributed by atoms with E-state index < -0.39 is 0 Å². The second-order valence-corrected chi connectivity index (χ2v) is 5.55. The standard InChI is InChI=1S/C17H22N4/c18-10-11-19-15-12-20-17(14-8-4-5-9-14)21-16(15)13-6-2-1-3-7-13/h1-3,6-7,12,14,19H,4-5,8-11,18H2. The highest BCUT2D eigenvalue weighted by atomic mass is 15.0. The van der Waals surface area contributed by atoms with E-state index in [9.17, 15) is 0 Å². The van der Waals surface area contributed by atoms with Gasteiger partial charge in [-0.25, -0.2) is 9.97 Å². The highest BCUT2D eigenvalue weighted by Gasteiger charge is 2.21. The summed E-state index contributed by atoms with van der Waals surface area (Å²) in [6.45, 7) is 1.32. The lowest BCUT2D eigenvalue weighted by Crippen LogP contribution is -2.15. The predicted octanol–water partition coefficient (Wildman–Crippen LogP) is 3.17. The monoisotopic (exact) mass is 282 g/mol. The molecule has 2 aromatic rings. The molecule has 0 spiro atoms. The maximum atomic E-state index is 5.59. The number of nitrogens with two attached hydrogens (primary N) is 1. The van der Waals surface area contributed by atoms with Crippen molar-refractivity contribution in [3.63, 3.8) is 0 Å². The van der Waals surface area contributed by atoms with Crippen molar-refractivity contribution in [2.24, 2.45) is 5.73 Å². The summed E-state index contributed by atoms with van der Waals surface area (Å²) < 4.78 is 0. The number of aromatic nitrogens is 2. The molecule has 0 unspecified atom stereocenters. The number of nitrogens with one attached hydrogen (secondary N) is 1. The summed E-state index contributed by atoms with van der Waals surface area (Å²) in [6, 6.07) is 10.3. The summed E-state index contributed by atoms with van der Waals surface area (Å²) in [6.07, 6.45) is 6.93. The summed E-state index contributed by atoms with van der Waals surface area (Å²) in [4.78, 5) is 9.45. The average molecular weight is 282 g/mol. The first kappa shape index (κ1) is 14.0. The number of rotatable bonds is 5. The van der Waals surface area contributed by atoms with Crippen molar-refractivity contribution in [3.05, 3.63) is 42.4 Å². The zero-order chi connectivity index (χ0) is 14.5. The van der Waals surface area contributed by atoms with Crippen LogP contribution < -0.4 is 11.1 Å². The van der Waals surface area contributed by atoms with Gasteiger partial charge in [0.15, 0.2) is 0 Å². The van der Waals surface area contributed by atoms with Crippen molar-refractivity contribution < 1.29 is 0 Å². The zero-order valence-corrected chi connectivity index (χ0v) is 12.3. The van der Waals surface area contributed by atoms with Crippen LogP contribution in [0.5, 0.6) is 0 Å². The summed E-state index contributed by atoms with van der Waals surface area (Å²) in [5, 5.41) is 3.33. The zero-order valence-electron chi connectivity index (χ0n) is 12.3. The number of hydrogen-bond acceptors (Lipinski definition) is 4. The van der Waals surface area contributed by atoms with Gasteiger partial charge in [0.05, 0.1) is 17.6 Å². The van der Waals surface area contributed by atoms with Gasteiger partial charge < -0.3 is 11.1 Å². The first-order valence-electron chi connectivity index (χ1n) is 7.75. The second kappa shape index (κ2) is 6.68. The molecule has 1 aromatic heterocycles. The molecule has 4 heteroatoms. The van der Waals surface area contributed by atoms with Crippen LogP contribution in [-0.4, -0.2) is 23.1 Å². The smallest absolute Gasteiger partial charge is 0.132 e. The fraction of sp³-hybridized carbons (Fsp3) is 0.412. The number of hydrogen-bond donors (Lipinski definition) is 2. The molecule has 0 saturated heterocycles. The van der Waals surface area contributed by atoms with Crippen LogP contribution in [0, 0.1) is 0 Å². The predicted molar refractivity (Wildman–Crippen MR) is 86.2 cm³/mol. The third-order valence-electron chi connectivity index (χ3n) is 4.03. The normalized spacial score (nSPS) is 15.3. The molecular weight excluding hydrogens is 260 g/mol. The van der Waals surface area contributed by atoms with Gasteiger partial charge in [-0.1, -0.05) is 43.2 Å². The van der Waals surface area contributed by atoms with Gasteiger partial charge in [0.25, 0.3) is 0 Å². The summed E-state index contributed by atoms with van der Waals surface area (Å²) in [5.41, 5.74) is 8.67. The van der Waals surface area contributed by atoms with E-state index in [1.54, 1.807) is 0 Å². The Morgan fingerprint density at radius 3 is 2.62 bits per heavy atom. The lowest BCUT2D eigenvalue weighted by atomic mass is 10.1. The van der Waals surface area contributed by atoms with Gasteiger partial charge in [-0.15, -0.1) is 0 Å². The molecular formula is C17H22N4. The van der Waals surface area contributed by atoms with Crippen LogP contribution >= 0.6 is 0 Å². The van der Waals surface area contributed by atoms with Gasteiger partial charge in [0, 0.05) is 24.6 Å². The molecule has 1 saturated carbocycles. The molecule has 0 radical (unpaired) electrons. The molecule has 4 nitrogen and oxygen atoms in total. The second-order valence-electron chi connectivity index (χ2n) is 5.55. The molecule has 1 heterocycles. The SMILES string of the molecule is NCCNc1cnc(C2CCCC2)nc1-c1ccccc1. The summed E-state index contributed by atoms with van der Waals surface area (Å²) in [5.74, 6) is 1.51. The number of benzene rings is 1. The summed E-state index contributed by atoms with van der Waals surface area (Å²) >= 11 is 0. The lowest BCUT2D eigenvalue weighted by molar-refractivity contribution is 0.669. The van der Waals surface area contributed by atoms with Crippen molar-refractivity contribution in [1.29, 1.82) is 0 Å². The van der Waals surface area contributed by atoms with Crippen LogP contribution in [0.2, 0.25) is 0 Å². The van der Waals surface area contributed by atoms with E-state index in [-0.39, 0.29) is 0 Å². The Morgan fingerprint density at radius 2 is 1.90 bits per heavy atom.